The third kappa shape index (κ3) is 3.48. The van der Waals surface area contributed by atoms with Crippen molar-refractivity contribution in [1.29, 1.82) is 0 Å². The second-order valence-corrected chi connectivity index (χ2v) is 8.13. The summed E-state index contributed by atoms with van der Waals surface area (Å²) in [5.74, 6) is 1.40. The first-order valence-electron chi connectivity index (χ1n) is 7.82. The molecule has 1 fully saturated rings. The van der Waals surface area contributed by atoms with Gasteiger partial charge in [0.1, 0.15) is 5.82 Å². The number of sulfone groups is 1. The summed E-state index contributed by atoms with van der Waals surface area (Å²) in [5, 5.41) is 7.00. The zero-order valence-corrected chi connectivity index (χ0v) is 14.5. The summed E-state index contributed by atoms with van der Waals surface area (Å²) >= 11 is 0. The van der Waals surface area contributed by atoms with Crippen molar-refractivity contribution in [2.24, 2.45) is 0 Å². The summed E-state index contributed by atoms with van der Waals surface area (Å²) in [7, 11) is -3.22. The van der Waals surface area contributed by atoms with Crippen LogP contribution in [0.5, 0.6) is 0 Å². The van der Waals surface area contributed by atoms with Gasteiger partial charge in [-0.05, 0) is 37.5 Å². The minimum atomic E-state index is -3.22. The molecule has 2 heterocycles. The van der Waals surface area contributed by atoms with Gasteiger partial charge in [-0.15, -0.1) is 0 Å². The molecule has 7 nitrogen and oxygen atoms in total. The van der Waals surface area contributed by atoms with Crippen LogP contribution in [0.3, 0.4) is 0 Å². The Morgan fingerprint density at radius 3 is 2.62 bits per heavy atom. The second kappa shape index (κ2) is 6.35. The minimum Gasteiger partial charge on any atom is -0.332 e. The lowest BCUT2D eigenvalue weighted by molar-refractivity contribution is -0.131. The second-order valence-electron chi connectivity index (χ2n) is 6.12. The fourth-order valence-electron chi connectivity index (χ4n) is 2.97. The molecule has 0 aliphatic carbocycles. The van der Waals surface area contributed by atoms with Crippen LogP contribution in [0.25, 0.3) is 0 Å². The van der Waals surface area contributed by atoms with Crippen molar-refractivity contribution in [3.05, 3.63) is 41.5 Å². The number of nitrogens with zero attached hydrogens (tertiary/aromatic N) is 3. The van der Waals surface area contributed by atoms with Crippen molar-refractivity contribution in [3.63, 3.8) is 0 Å². The number of aryl methyl sites for hydroxylation is 1. The van der Waals surface area contributed by atoms with Crippen LogP contribution in [-0.2, 0) is 21.1 Å². The van der Waals surface area contributed by atoms with Gasteiger partial charge in [-0.3, -0.25) is 9.89 Å². The van der Waals surface area contributed by atoms with Gasteiger partial charge in [-0.1, -0.05) is 12.1 Å². The molecule has 24 heavy (non-hydrogen) atoms. The average Bonchev–Trinajstić information content (AvgIpc) is 3.15. The highest BCUT2D eigenvalue weighted by molar-refractivity contribution is 7.90. The molecular formula is C16H20N4O3S. The van der Waals surface area contributed by atoms with Crippen LogP contribution in [-0.4, -0.2) is 47.2 Å². The Morgan fingerprint density at radius 1 is 1.33 bits per heavy atom. The summed E-state index contributed by atoms with van der Waals surface area (Å²) in [6.07, 6.45) is 3.19. The quantitative estimate of drug-likeness (QED) is 0.901. The number of hydrogen-bond donors (Lipinski definition) is 1. The molecule has 1 aliphatic rings. The van der Waals surface area contributed by atoms with E-state index in [1.807, 2.05) is 11.8 Å². The number of amides is 1. The summed E-state index contributed by atoms with van der Waals surface area (Å²) in [6.45, 7) is 2.53. The predicted octanol–water partition coefficient (Wildman–Crippen LogP) is 1.42. The number of carbonyl (C=O) groups excluding carboxylic acids is 1. The Bertz CT molecular complexity index is 842. The summed E-state index contributed by atoms with van der Waals surface area (Å²) < 4.78 is 23.0. The van der Waals surface area contributed by atoms with Crippen molar-refractivity contribution >= 4 is 15.7 Å². The zero-order chi connectivity index (χ0) is 17.3. The Labute approximate surface area is 141 Å². The fraction of sp³-hybridized carbons (Fsp3) is 0.438. The van der Waals surface area contributed by atoms with Crippen LogP contribution in [0.4, 0.5) is 0 Å². The lowest BCUT2D eigenvalue weighted by atomic mass is 10.1. The van der Waals surface area contributed by atoms with E-state index in [1.165, 1.54) is 18.4 Å². The predicted molar refractivity (Wildman–Crippen MR) is 88.1 cm³/mol. The van der Waals surface area contributed by atoms with Gasteiger partial charge in [-0.25, -0.2) is 13.4 Å². The Morgan fingerprint density at radius 2 is 2.04 bits per heavy atom. The highest BCUT2D eigenvalue weighted by Gasteiger charge is 2.32. The van der Waals surface area contributed by atoms with E-state index in [9.17, 15) is 13.2 Å². The summed E-state index contributed by atoms with van der Waals surface area (Å²) in [5.41, 5.74) is 0.796. The molecule has 0 saturated carbocycles. The van der Waals surface area contributed by atoms with Crippen LogP contribution >= 0.6 is 0 Å². The van der Waals surface area contributed by atoms with E-state index in [1.54, 1.807) is 12.1 Å². The topological polar surface area (TPSA) is 96.0 Å². The first-order chi connectivity index (χ1) is 11.3. The van der Waals surface area contributed by atoms with Crippen molar-refractivity contribution in [2.45, 2.75) is 37.1 Å². The van der Waals surface area contributed by atoms with E-state index < -0.39 is 9.84 Å². The molecule has 1 aromatic heterocycles. The van der Waals surface area contributed by atoms with E-state index in [-0.39, 0.29) is 23.3 Å². The third-order valence-corrected chi connectivity index (χ3v) is 5.32. The number of carbonyl (C=O) groups is 1. The molecule has 0 spiro atoms. The smallest absolute Gasteiger partial charge is 0.227 e. The van der Waals surface area contributed by atoms with Crippen molar-refractivity contribution in [2.75, 3.05) is 12.8 Å². The zero-order valence-electron chi connectivity index (χ0n) is 13.7. The van der Waals surface area contributed by atoms with Gasteiger partial charge in [-0.2, -0.15) is 5.10 Å². The number of hydrogen-bond acceptors (Lipinski definition) is 5. The third-order valence-electron chi connectivity index (χ3n) is 4.19. The Balaban J connectivity index is 1.72. The number of aromatic nitrogens is 3. The van der Waals surface area contributed by atoms with E-state index in [0.29, 0.717) is 12.4 Å². The Hall–Kier alpha value is -2.22. The molecule has 3 rings (SSSR count). The van der Waals surface area contributed by atoms with Crippen LogP contribution in [0, 0.1) is 6.92 Å². The number of aromatic amines is 1. The molecule has 0 radical (unpaired) electrons. The first-order valence-corrected chi connectivity index (χ1v) is 9.71. The molecule has 1 N–H and O–H groups in total. The first kappa shape index (κ1) is 16.6. The molecule has 1 saturated heterocycles. The van der Waals surface area contributed by atoms with Gasteiger partial charge >= 0.3 is 0 Å². The van der Waals surface area contributed by atoms with Crippen molar-refractivity contribution in [3.8, 4) is 0 Å². The maximum atomic E-state index is 12.6. The average molecular weight is 348 g/mol. The lowest BCUT2D eigenvalue weighted by Gasteiger charge is -2.22. The molecule has 2 aromatic rings. The van der Waals surface area contributed by atoms with Crippen LogP contribution < -0.4 is 0 Å². The fourth-order valence-corrected chi connectivity index (χ4v) is 3.60. The maximum absolute atomic E-state index is 12.6. The number of H-pyrrole nitrogens is 1. The molecule has 1 aliphatic heterocycles. The van der Waals surface area contributed by atoms with Gasteiger partial charge in [0.05, 0.1) is 17.4 Å². The normalized spacial score (nSPS) is 18.1. The van der Waals surface area contributed by atoms with E-state index in [4.69, 9.17) is 0 Å². The number of nitrogens with one attached hydrogen (secondary N) is 1. The number of likely N-dealkylation sites (tertiary alicyclic amines) is 1. The van der Waals surface area contributed by atoms with Crippen molar-refractivity contribution < 1.29 is 13.2 Å². The molecule has 1 amide bonds. The van der Waals surface area contributed by atoms with Gasteiger partial charge in [0.15, 0.2) is 15.7 Å². The van der Waals surface area contributed by atoms with Gasteiger partial charge in [0.25, 0.3) is 0 Å². The molecule has 0 unspecified atom stereocenters. The van der Waals surface area contributed by atoms with Crippen LogP contribution in [0.2, 0.25) is 0 Å². The molecule has 1 atom stereocenters. The van der Waals surface area contributed by atoms with E-state index in [2.05, 4.69) is 15.2 Å². The van der Waals surface area contributed by atoms with E-state index >= 15 is 0 Å². The molecule has 1 aromatic carbocycles. The number of rotatable bonds is 4. The highest BCUT2D eigenvalue weighted by Crippen LogP contribution is 2.30. The van der Waals surface area contributed by atoms with Gasteiger partial charge in [0.2, 0.25) is 5.91 Å². The molecule has 128 valence electrons. The summed E-state index contributed by atoms with van der Waals surface area (Å²) in [4.78, 5) is 19.0. The Kier molecular flexibility index (Phi) is 4.40. The lowest BCUT2D eigenvalue weighted by Crippen LogP contribution is -2.32. The molecule has 8 heteroatoms. The molecule has 0 bridgehead atoms. The van der Waals surface area contributed by atoms with E-state index in [0.717, 1.165) is 24.2 Å². The monoisotopic (exact) mass is 348 g/mol. The highest BCUT2D eigenvalue weighted by atomic mass is 32.2. The van der Waals surface area contributed by atoms with Crippen LogP contribution in [0.15, 0.2) is 29.2 Å². The minimum absolute atomic E-state index is 0.00654. The van der Waals surface area contributed by atoms with Crippen LogP contribution in [0.1, 0.15) is 36.1 Å². The summed E-state index contributed by atoms with van der Waals surface area (Å²) in [6, 6.07) is 6.38. The standard InChI is InChI=1S/C16H20N4O3S/c1-11-17-16(19-18-11)14-4-3-9-20(14)15(21)10-12-5-7-13(8-6-12)24(2,22)23/h5-8,14H,3-4,9-10H2,1-2H3,(H,17,18,19)/t14-/m0/s1. The SMILES string of the molecule is Cc1nc([C@@H]2CCCN2C(=O)Cc2ccc(S(C)(=O)=O)cc2)n[nH]1. The van der Waals surface area contributed by atoms with Gasteiger partial charge < -0.3 is 4.90 Å². The maximum Gasteiger partial charge on any atom is 0.227 e. The number of benzene rings is 1. The molecular weight excluding hydrogens is 328 g/mol. The largest absolute Gasteiger partial charge is 0.332 e. The van der Waals surface area contributed by atoms with Gasteiger partial charge in [0, 0.05) is 12.8 Å². The van der Waals surface area contributed by atoms with Crippen molar-refractivity contribution in [1.82, 2.24) is 20.1 Å².